The van der Waals surface area contributed by atoms with Gasteiger partial charge in [0.15, 0.2) is 0 Å². The van der Waals surface area contributed by atoms with E-state index in [0.29, 0.717) is 31.9 Å². The minimum absolute atomic E-state index is 0.329. The standard InChI is InChI=1S/2C15H20GeO3/c2*1-5-16(6-2)14(17)12-7-9-13(10-8-12)19-15(18)11(3)4/h2*7-10,16H,3,5-6H2,1-2,4H3. The van der Waals surface area contributed by atoms with Gasteiger partial charge in [-0.1, -0.05) is 0 Å². The van der Waals surface area contributed by atoms with E-state index < -0.39 is 40.6 Å². The van der Waals surface area contributed by atoms with E-state index in [2.05, 4.69) is 40.9 Å². The number of hydrogen-bond acceptors (Lipinski definition) is 6. The van der Waals surface area contributed by atoms with Gasteiger partial charge in [-0.2, -0.15) is 0 Å². The van der Waals surface area contributed by atoms with E-state index in [1.165, 1.54) is 0 Å². The molecule has 38 heavy (non-hydrogen) atoms. The van der Waals surface area contributed by atoms with E-state index in [1.807, 2.05) is 0 Å². The molecule has 0 amide bonds. The summed E-state index contributed by atoms with van der Waals surface area (Å²) in [6, 6.07) is 13.6. The zero-order valence-corrected chi connectivity index (χ0v) is 28.3. The molecule has 0 unspecified atom stereocenters. The van der Waals surface area contributed by atoms with Gasteiger partial charge in [0.05, 0.1) is 0 Å². The van der Waals surface area contributed by atoms with Gasteiger partial charge in [-0.25, -0.2) is 0 Å². The molecule has 0 aliphatic rings. The summed E-state index contributed by atoms with van der Waals surface area (Å²) in [6.07, 6.45) is 0. The van der Waals surface area contributed by atoms with Crippen LogP contribution in [-0.2, 0) is 9.59 Å². The summed E-state index contributed by atoms with van der Waals surface area (Å²) in [7, 11) is 0. The van der Waals surface area contributed by atoms with Crippen molar-refractivity contribution in [1.29, 1.82) is 0 Å². The van der Waals surface area contributed by atoms with E-state index in [-0.39, 0.29) is 0 Å². The van der Waals surface area contributed by atoms with Crippen molar-refractivity contribution >= 4 is 49.9 Å². The number of esters is 2. The topological polar surface area (TPSA) is 86.7 Å². The molecule has 0 atom stereocenters. The molecule has 2 aromatic rings. The van der Waals surface area contributed by atoms with Crippen molar-refractivity contribution in [2.75, 3.05) is 0 Å². The van der Waals surface area contributed by atoms with Crippen molar-refractivity contribution in [3.8, 4) is 11.5 Å². The average molecular weight is 642 g/mol. The molecule has 0 aromatic heterocycles. The molecule has 0 aliphatic heterocycles. The normalized spacial score (nSPS) is 10.3. The molecule has 8 heteroatoms. The number of ether oxygens (including phenoxy) is 2. The van der Waals surface area contributed by atoms with Gasteiger partial charge in [-0.3, -0.25) is 0 Å². The van der Waals surface area contributed by atoms with Crippen molar-refractivity contribution in [1.82, 2.24) is 0 Å². The van der Waals surface area contributed by atoms with E-state index in [1.54, 1.807) is 62.4 Å². The Morgan fingerprint density at radius 3 is 1.05 bits per heavy atom. The Hall–Kier alpha value is -2.71. The number of carbonyl (C=O) groups excluding carboxylic acids is 4. The third-order valence-electron chi connectivity index (χ3n) is 6.11. The van der Waals surface area contributed by atoms with Crippen LogP contribution in [0.25, 0.3) is 0 Å². The summed E-state index contributed by atoms with van der Waals surface area (Å²) < 4.78 is 10.8. The van der Waals surface area contributed by atoms with Gasteiger partial charge in [-0.15, -0.1) is 0 Å². The van der Waals surface area contributed by atoms with Crippen LogP contribution in [0.4, 0.5) is 0 Å². The van der Waals surface area contributed by atoms with Gasteiger partial charge < -0.3 is 0 Å². The molecule has 0 aliphatic carbocycles. The Balaban J connectivity index is 0.000000380. The number of hydrogen-bond donors (Lipinski definition) is 0. The summed E-state index contributed by atoms with van der Waals surface area (Å²) in [6.45, 7) is 18.6. The quantitative estimate of drug-likeness (QED) is 0.117. The first-order valence-corrected chi connectivity index (χ1v) is 22.3. The molecule has 0 spiro atoms. The fraction of sp³-hybridized carbons (Fsp3) is 0.333. The zero-order valence-electron chi connectivity index (χ0n) is 23.5. The Kier molecular flexibility index (Phi) is 14.9. The van der Waals surface area contributed by atoms with Gasteiger partial charge in [0.1, 0.15) is 0 Å². The second-order valence-electron chi connectivity index (χ2n) is 9.14. The molecule has 0 saturated carbocycles. The maximum atomic E-state index is 12.2. The van der Waals surface area contributed by atoms with E-state index in [0.717, 1.165) is 32.1 Å². The first-order chi connectivity index (χ1) is 18.0. The van der Waals surface area contributed by atoms with Gasteiger partial charge in [0.2, 0.25) is 0 Å². The number of benzene rings is 2. The van der Waals surface area contributed by atoms with Crippen LogP contribution in [0.5, 0.6) is 11.5 Å². The predicted molar refractivity (Wildman–Crippen MR) is 159 cm³/mol. The zero-order chi connectivity index (χ0) is 28.8. The van der Waals surface area contributed by atoms with Crippen molar-refractivity contribution in [2.24, 2.45) is 0 Å². The van der Waals surface area contributed by atoms with E-state index >= 15 is 0 Å². The fourth-order valence-electron chi connectivity index (χ4n) is 3.55. The van der Waals surface area contributed by atoms with Crippen LogP contribution in [0.15, 0.2) is 72.8 Å². The van der Waals surface area contributed by atoms with Crippen molar-refractivity contribution < 1.29 is 28.7 Å². The van der Waals surface area contributed by atoms with Crippen LogP contribution in [0.1, 0.15) is 62.3 Å². The van der Waals surface area contributed by atoms with Crippen LogP contribution in [0.3, 0.4) is 0 Å². The first-order valence-electron chi connectivity index (χ1n) is 13.0. The first kappa shape index (κ1) is 33.3. The molecule has 0 fully saturated rings. The van der Waals surface area contributed by atoms with Crippen LogP contribution < -0.4 is 9.47 Å². The molecule has 0 radical (unpaired) electrons. The third-order valence-corrected chi connectivity index (χ3v) is 18.9. The van der Waals surface area contributed by atoms with Gasteiger partial charge in [-0.05, 0) is 0 Å². The fourth-order valence-corrected chi connectivity index (χ4v) is 11.9. The summed E-state index contributed by atoms with van der Waals surface area (Å²) in [5, 5.41) is 4.09. The molecule has 204 valence electrons. The predicted octanol–water partition coefficient (Wildman–Crippen LogP) is 6.31. The average Bonchev–Trinajstić information content (AvgIpc) is 2.91. The molecule has 2 rings (SSSR count). The van der Waals surface area contributed by atoms with Crippen LogP contribution in [-0.4, -0.2) is 49.9 Å². The molecule has 2 aromatic carbocycles. The molecular weight excluding hydrogens is 602 g/mol. The van der Waals surface area contributed by atoms with Crippen LogP contribution >= 0.6 is 0 Å². The third kappa shape index (κ3) is 10.6. The summed E-state index contributed by atoms with van der Waals surface area (Å²) in [5.74, 6) is -0.00311. The number of rotatable bonds is 12. The Labute approximate surface area is 235 Å². The van der Waals surface area contributed by atoms with Crippen LogP contribution in [0, 0.1) is 0 Å². The molecule has 0 bridgehead atoms. The molecule has 6 nitrogen and oxygen atoms in total. The number of carbonyl (C=O) groups is 4. The van der Waals surface area contributed by atoms with Gasteiger partial charge in [0.25, 0.3) is 0 Å². The van der Waals surface area contributed by atoms with Crippen molar-refractivity contribution in [3.63, 3.8) is 0 Å². The second kappa shape index (κ2) is 17.0. The van der Waals surface area contributed by atoms with E-state index in [4.69, 9.17) is 9.47 Å². The van der Waals surface area contributed by atoms with Crippen molar-refractivity contribution in [3.05, 3.63) is 84.0 Å². The SMILES string of the molecule is C=C(C)C(=O)Oc1ccc([C](=O)[GeH]([CH2]C)[CH2]C)cc1.C=C(C)C(=O)Oc1ccc([C](=O)[GeH]([CH2]C)[CH2]C)cc1. The summed E-state index contributed by atoms with van der Waals surface area (Å²) in [4.78, 5) is 47.1. The molecule has 0 saturated heterocycles. The molecular formula is C30H40Ge2O6. The minimum atomic E-state index is -1.82. The summed E-state index contributed by atoms with van der Waals surface area (Å²) in [5.41, 5.74) is 2.19. The maximum absolute atomic E-state index is 12.2. The monoisotopic (exact) mass is 644 g/mol. The molecule has 0 heterocycles. The Morgan fingerprint density at radius 2 is 0.842 bits per heavy atom. The Morgan fingerprint density at radius 1 is 0.579 bits per heavy atom. The summed E-state index contributed by atoms with van der Waals surface area (Å²) >= 11 is -3.64. The second-order valence-corrected chi connectivity index (χ2v) is 24.0. The van der Waals surface area contributed by atoms with E-state index in [9.17, 15) is 19.2 Å². The van der Waals surface area contributed by atoms with Gasteiger partial charge >= 0.3 is 237 Å². The van der Waals surface area contributed by atoms with Gasteiger partial charge in [0, 0.05) is 0 Å². The van der Waals surface area contributed by atoms with Crippen LogP contribution in [0.2, 0.25) is 21.0 Å². The molecule has 0 N–H and O–H groups in total. The Bertz CT molecular complexity index is 1040. The van der Waals surface area contributed by atoms with Crippen molar-refractivity contribution in [2.45, 2.75) is 62.6 Å².